The molecule has 3 rings (SSSR count). The Morgan fingerprint density at radius 3 is 2.33 bits per heavy atom. The number of nitrogens with one attached hydrogen (secondary N) is 2. The Bertz CT molecular complexity index is 1200. The number of rotatable bonds is 8. The van der Waals surface area contributed by atoms with Crippen LogP contribution in [-0.2, 0) is 10.0 Å². The van der Waals surface area contributed by atoms with Gasteiger partial charge >= 0.3 is 0 Å². The first-order valence-electron chi connectivity index (χ1n) is 10.5. The molecule has 8 nitrogen and oxygen atoms in total. The van der Waals surface area contributed by atoms with Gasteiger partial charge in [0.1, 0.15) is 0 Å². The van der Waals surface area contributed by atoms with Crippen molar-refractivity contribution in [2.24, 2.45) is 5.92 Å². The monoisotopic (exact) mass is 529 g/mol. The minimum atomic E-state index is -3.85. The van der Waals surface area contributed by atoms with Gasteiger partial charge in [-0.25, -0.2) is 8.42 Å². The first-order valence-corrected chi connectivity index (χ1v) is 14.3. The van der Waals surface area contributed by atoms with Gasteiger partial charge in [-0.05, 0) is 52.2 Å². The molecule has 0 aliphatic heterocycles. The van der Waals surface area contributed by atoms with Crippen LogP contribution in [0.3, 0.4) is 0 Å². The molecule has 0 bridgehead atoms. The average molecular weight is 530 g/mol. The molecule has 0 amide bonds. The summed E-state index contributed by atoms with van der Waals surface area (Å²) in [5.41, 5.74) is 0.915. The van der Waals surface area contributed by atoms with Gasteiger partial charge in [0.05, 0.1) is 23.5 Å². The summed E-state index contributed by atoms with van der Waals surface area (Å²) in [6.45, 7) is 13.9. The Labute approximate surface area is 208 Å². The van der Waals surface area contributed by atoms with Crippen LogP contribution in [-0.4, -0.2) is 39.2 Å². The number of nitrogens with zero attached hydrogens (tertiary/aromatic N) is 3. The van der Waals surface area contributed by atoms with Gasteiger partial charge in [0.25, 0.3) is 10.0 Å². The molecule has 0 radical (unpaired) electrons. The second-order valence-corrected chi connectivity index (χ2v) is 14.1. The van der Waals surface area contributed by atoms with Crippen LogP contribution in [0.1, 0.15) is 56.0 Å². The number of aromatic nitrogens is 2. The minimum absolute atomic E-state index is 0.0410. The van der Waals surface area contributed by atoms with Crippen LogP contribution in [0.5, 0.6) is 5.75 Å². The van der Waals surface area contributed by atoms with Gasteiger partial charge in [0, 0.05) is 27.7 Å². The number of anilines is 3. The molecule has 0 fully saturated rings. The van der Waals surface area contributed by atoms with E-state index in [1.54, 1.807) is 37.5 Å². The zero-order valence-corrected chi connectivity index (χ0v) is 23.3. The van der Waals surface area contributed by atoms with E-state index in [0.29, 0.717) is 17.6 Å². The molecule has 0 aromatic carbocycles. The predicted molar refractivity (Wildman–Crippen MR) is 139 cm³/mol. The fraction of sp³-hybridized carbons (Fsp3) is 0.524. The minimum Gasteiger partial charge on any atom is -0.504 e. The van der Waals surface area contributed by atoms with E-state index in [-0.39, 0.29) is 21.7 Å². The number of hydrogen-bond acceptors (Lipinski definition) is 10. The van der Waals surface area contributed by atoms with E-state index in [9.17, 15) is 13.5 Å². The van der Waals surface area contributed by atoms with E-state index >= 15 is 0 Å². The lowest BCUT2D eigenvalue weighted by Crippen LogP contribution is -2.42. The van der Waals surface area contributed by atoms with Crippen LogP contribution < -0.4 is 10.6 Å². The van der Waals surface area contributed by atoms with Crippen LogP contribution in [0.4, 0.5) is 17.3 Å². The van der Waals surface area contributed by atoms with Gasteiger partial charge in [-0.2, -0.15) is 13.1 Å². The summed E-state index contributed by atoms with van der Waals surface area (Å²) in [6.07, 6.45) is 0. The SMILES string of the molecule is Cc1cc([C@H](Nc2nsnc2Nc2csc(S(=O)(=O)N(C)C(C)(C)C)c2O)C(C)C)sc1C. The highest BCUT2D eigenvalue weighted by Crippen LogP contribution is 2.42. The second-order valence-electron chi connectivity index (χ2n) is 9.27. The van der Waals surface area contributed by atoms with E-state index in [4.69, 9.17) is 0 Å². The molecule has 0 saturated carbocycles. The molecule has 0 unspecified atom stereocenters. The lowest BCUT2D eigenvalue weighted by molar-refractivity contribution is 0.291. The van der Waals surface area contributed by atoms with Crippen LogP contribution in [0.15, 0.2) is 15.7 Å². The van der Waals surface area contributed by atoms with E-state index in [2.05, 4.69) is 53.1 Å². The molecule has 0 spiro atoms. The Morgan fingerprint density at radius 2 is 1.79 bits per heavy atom. The summed E-state index contributed by atoms with van der Waals surface area (Å²) in [5.74, 6) is 0.984. The van der Waals surface area contributed by atoms with Gasteiger partial charge in [-0.15, -0.1) is 22.7 Å². The third-order valence-electron chi connectivity index (χ3n) is 5.46. The molecule has 3 aromatic rings. The zero-order chi connectivity index (χ0) is 24.7. The van der Waals surface area contributed by atoms with E-state index in [0.717, 1.165) is 23.1 Å². The van der Waals surface area contributed by atoms with E-state index in [1.807, 2.05) is 0 Å². The fourth-order valence-corrected chi connectivity index (χ4v) is 7.70. The normalized spacial score (nSPS) is 13.6. The highest BCUT2D eigenvalue weighted by molar-refractivity contribution is 7.91. The largest absolute Gasteiger partial charge is 0.504 e. The van der Waals surface area contributed by atoms with Gasteiger partial charge in [-0.1, -0.05) is 13.8 Å². The Hall–Kier alpha value is -1.73. The Kier molecular flexibility index (Phi) is 7.45. The van der Waals surface area contributed by atoms with Crippen molar-refractivity contribution < 1.29 is 13.5 Å². The Morgan fingerprint density at radius 1 is 1.15 bits per heavy atom. The molecule has 0 aliphatic rings. The van der Waals surface area contributed by atoms with Crippen LogP contribution in [0.25, 0.3) is 0 Å². The molecule has 0 aliphatic carbocycles. The number of aryl methyl sites for hydroxylation is 2. The maximum atomic E-state index is 13.0. The molecule has 1 atom stereocenters. The number of hydrogen-bond donors (Lipinski definition) is 3. The lowest BCUT2D eigenvalue weighted by atomic mass is 10.0. The number of aromatic hydroxyl groups is 1. The van der Waals surface area contributed by atoms with Crippen molar-refractivity contribution in [1.29, 1.82) is 0 Å². The maximum Gasteiger partial charge on any atom is 0.256 e. The van der Waals surface area contributed by atoms with Gasteiger partial charge < -0.3 is 15.7 Å². The molecule has 33 heavy (non-hydrogen) atoms. The average Bonchev–Trinajstić information content (AvgIpc) is 3.39. The third-order valence-corrected chi connectivity index (χ3v) is 10.8. The van der Waals surface area contributed by atoms with Crippen molar-refractivity contribution in [3.8, 4) is 5.75 Å². The van der Waals surface area contributed by atoms with Crippen molar-refractivity contribution in [2.45, 2.75) is 64.3 Å². The lowest BCUT2D eigenvalue weighted by Gasteiger charge is -2.30. The number of sulfonamides is 1. The smallest absolute Gasteiger partial charge is 0.256 e. The molecule has 3 aromatic heterocycles. The predicted octanol–water partition coefficient (Wildman–Crippen LogP) is 5.96. The van der Waals surface area contributed by atoms with Crippen LogP contribution >= 0.6 is 34.4 Å². The van der Waals surface area contributed by atoms with Gasteiger partial charge in [0.15, 0.2) is 21.6 Å². The molecule has 182 valence electrons. The molecule has 3 N–H and O–H groups in total. The van der Waals surface area contributed by atoms with Crippen molar-refractivity contribution in [3.63, 3.8) is 0 Å². The molecule has 0 saturated heterocycles. The van der Waals surface area contributed by atoms with Crippen LogP contribution in [0.2, 0.25) is 0 Å². The van der Waals surface area contributed by atoms with Crippen molar-refractivity contribution in [2.75, 3.05) is 17.7 Å². The van der Waals surface area contributed by atoms with Crippen molar-refractivity contribution in [1.82, 2.24) is 13.1 Å². The summed E-state index contributed by atoms with van der Waals surface area (Å²) < 4.78 is 35.9. The zero-order valence-electron chi connectivity index (χ0n) is 20.0. The summed E-state index contributed by atoms with van der Waals surface area (Å²) in [7, 11) is -2.34. The molecule has 12 heteroatoms. The quantitative estimate of drug-likeness (QED) is 0.331. The summed E-state index contributed by atoms with van der Waals surface area (Å²) in [5, 5.41) is 18.8. The highest BCUT2D eigenvalue weighted by atomic mass is 32.2. The topological polar surface area (TPSA) is 107 Å². The second kappa shape index (κ2) is 9.49. The standard InChI is InChI=1S/C21H31N5O3S4/c1-11(2)16(15-9-12(3)13(4)31-15)23-19-18(24-32-25-19)22-14-10-30-20(17(14)27)33(28,29)26(8)21(5,6)7/h9-11,16,27H,1-8H3,(H,22,24)(H,23,25)/t16-/m1/s1. The molecule has 3 heterocycles. The summed E-state index contributed by atoms with van der Waals surface area (Å²) >= 11 is 3.77. The summed E-state index contributed by atoms with van der Waals surface area (Å²) in [4.78, 5) is 2.50. The van der Waals surface area contributed by atoms with Crippen LogP contribution in [0, 0.1) is 19.8 Å². The fourth-order valence-electron chi connectivity index (χ4n) is 3.05. The van der Waals surface area contributed by atoms with Crippen molar-refractivity contribution in [3.05, 3.63) is 26.8 Å². The van der Waals surface area contributed by atoms with E-state index in [1.165, 1.54) is 26.7 Å². The highest BCUT2D eigenvalue weighted by Gasteiger charge is 2.34. The van der Waals surface area contributed by atoms with E-state index < -0.39 is 15.6 Å². The summed E-state index contributed by atoms with van der Waals surface area (Å²) in [6, 6.07) is 2.23. The molecular formula is C21H31N5O3S4. The van der Waals surface area contributed by atoms with Gasteiger partial charge in [0.2, 0.25) is 0 Å². The third kappa shape index (κ3) is 5.35. The Balaban J connectivity index is 1.87. The number of thiophene rings is 2. The molecular weight excluding hydrogens is 499 g/mol. The van der Waals surface area contributed by atoms with Gasteiger partial charge in [-0.3, -0.25) is 0 Å². The first kappa shape index (κ1) is 25.9. The van der Waals surface area contributed by atoms with Crippen molar-refractivity contribution >= 4 is 61.7 Å². The first-order chi connectivity index (χ1) is 15.2. The maximum absolute atomic E-state index is 13.0.